The summed E-state index contributed by atoms with van der Waals surface area (Å²) in [4.78, 5) is 4.14. The lowest BCUT2D eigenvalue weighted by Gasteiger charge is -2.20. The zero-order valence-corrected chi connectivity index (χ0v) is 12.7. The molecule has 7 heteroatoms. The third kappa shape index (κ3) is 2.37. The van der Waals surface area contributed by atoms with Crippen molar-refractivity contribution in [1.29, 1.82) is 0 Å². The number of anilines is 1. The maximum Gasteiger partial charge on any atom is 0.237 e. The molecule has 0 saturated heterocycles. The van der Waals surface area contributed by atoms with E-state index in [0.29, 0.717) is 5.69 Å². The first-order valence-electron chi connectivity index (χ1n) is 5.36. The normalized spacial score (nSPS) is 12.9. The highest BCUT2D eigenvalue weighted by molar-refractivity contribution is 9.10. The first kappa shape index (κ1) is 13.4. The fourth-order valence-electron chi connectivity index (χ4n) is 1.32. The number of nitrogens with one attached hydrogen (secondary N) is 1. The molecule has 0 aliphatic heterocycles. The number of hydrogen-bond acceptors (Lipinski definition) is 3. The Morgan fingerprint density at radius 3 is 2.61 bits per heavy atom. The van der Waals surface area contributed by atoms with Crippen LogP contribution in [0.15, 0.2) is 29.1 Å². The number of rotatable bonds is 2. The van der Waals surface area contributed by atoms with Gasteiger partial charge in [-0.15, -0.1) is 0 Å². The van der Waals surface area contributed by atoms with Crippen LogP contribution in [0.1, 0.15) is 20.8 Å². The van der Waals surface area contributed by atoms with Gasteiger partial charge in [0.25, 0.3) is 0 Å². The average Bonchev–Trinajstić information content (AvgIpc) is 2.58. The minimum absolute atomic E-state index is 0.510. The van der Waals surface area contributed by atoms with E-state index >= 15 is 0 Å². The van der Waals surface area contributed by atoms with Crippen LogP contribution in [0.4, 0.5) is 5.69 Å². The van der Waals surface area contributed by atoms with Crippen molar-refractivity contribution in [2.75, 3.05) is 4.72 Å². The van der Waals surface area contributed by atoms with E-state index in [9.17, 15) is 8.42 Å². The molecule has 0 amide bonds. The quantitative estimate of drug-likeness (QED) is 0.920. The van der Waals surface area contributed by atoms with Crippen LogP contribution in [0, 0.1) is 0 Å². The molecule has 2 aromatic rings. The summed E-state index contributed by atoms with van der Waals surface area (Å²) in [7, 11) is -3.41. The summed E-state index contributed by atoms with van der Waals surface area (Å²) in [5.41, 5.74) is 1.26. The Balaban J connectivity index is 2.41. The van der Waals surface area contributed by atoms with Crippen LogP contribution in [0.25, 0.3) is 5.65 Å². The van der Waals surface area contributed by atoms with E-state index in [-0.39, 0.29) is 0 Å². The topological polar surface area (TPSA) is 63.5 Å². The average molecular weight is 332 g/mol. The minimum atomic E-state index is -3.41. The highest BCUT2D eigenvalue weighted by Crippen LogP contribution is 2.21. The SMILES string of the molecule is CC(C)(C)S(=O)(=O)Nc1ccc2ncc(Br)n2c1. The number of halogens is 1. The fraction of sp³-hybridized carbons (Fsp3) is 0.364. The van der Waals surface area contributed by atoms with Crippen molar-refractivity contribution in [1.82, 2.24) is 9.38 Å². The van der Waals surface area contributed by atoms with Crippen LogP contribution < -0.4 is 4.72 Å². The van der Waals surface area contributed by atoms with Crippen molar-refractivity contribution >= 4 is 37.3 Å². The van der Waals surface area contributed by atoms with E-state index in [0.717, 1.165) is 10.3 Å². The fourth-order valence-corrected chi connectivity index (χ4v) is 2.44. The molecule has 0 unspecified atom stereocenters. The van der Waals surface area contributed by atoms with Gasteiger partial charge < -0.3 is 0 Å². The Morgan fingerprint density at radius 1 is 1.33 bits per heavy atom. The lowest BCUT2D eigenvalue weighted by atomic mass is 10.3. The van der Waals surface area contributed by atoms with Crippen LogP contribution in [-0.4, -0.2) is 22.5 Å². The third-order valence-corrected chi connectivity index (χ3v) is 5.22. The van der Waals surface area contributed by atoms with Gasteiger partial charge in [0.1, 0.15) is 10.3 Å². The first-order chi connectivity index (χ1) is 8.21. The number of aromatic nitrogens is 2. The van der Waals surface area contributed by atoms with E-state index in [2.05, 4.69) is 25.6 Å². The molecule has 5 nitrogen and oxygen atoms in total. The smallest absolute Gasteiger partial charge is 0.237 e. The second kappa shape index (κ2) is 4.24. The number of nitrogens with zero attached hydrogens (tertiary/aromatic N) is 2. The van der Waals surface area contributed by atoms with Crippen LogP contribution in [-0.2, 0) is 10.0 Å². The summed E-state index contributed by atoms with van der Waals surface area (Å²) < 4.78 is 28.3. The van der Waals surface area contributed by atoms with Crippen molar-refractivity contribution in [3.8, 4) is 0 Å². The van der Waals surface area contributed by atoms with Gasteiger partial charge in [0.15, 0.2) is 0 Å². The molecule has 0 spiro atoms. The van der Waals surface area contributed by atoms with Crippen LogP contribution in [0.5, 0.6) is 0 Å². The molecule has 0 fully saturated rings. The molecule has 0 aliphatic rings. The van der Waals surface area contributed by atoms with Gasteiger partial charge in [-0.25, -0.2) is 13.4 Å². The molecule has 0 radical (unpaired) electrons. The zero-order chi connectivity index (χ0) is 13.6. The van der Waals surface area contributed by atoms with Gasteiger partial charge in [-0.1, -0.05) is 0 Å². The van der Waals surface area contributed by atoms with Crippen molar-refractivity contribution in [2.24, 2.45) is 0 Å². The minimum Gasteiger partial charge on any atom is -0.292 e. The molecule has 1 N–H and O–H groups in total. The van der Waals surface area contributed by atoms with Gasteiger partial charge in [-0.3, -0.25) is 9.12 Å². The summed E-state index contributed by atoms with van der Waals surface area (Å²) in [6.45, 7) is 4.96. The summed E-state index contributed by atoms with van der Waals surface area (Å²) in [6, 6.07) is 3.45. The molecule has 0 atom stereocenters. The van der Waals surface area contributed by atoms with Crippen LogP contribution >= 0.6 is 15.9 Å². The second-order valence-electron chi connectivity index (χ2n) is 4.94. The number of imidazole rings is 1. The molecule has 18 heavy (non-hydrogen) atoms. The predicted octanol–water partition coefficient (Wildman–Crippen LogP) is 2.64. The molecule has 0 aromatic carbocycles. The Bertz CT molecular complexity index is 686. The Labute approximate surface area is 114 Å². The van der Waals surface area contributed by atoms with E-state index in [1.165, 1.54) is 0 Å². The molecule has 0 bridgehead atoms. The summed E-state index contributed by atoms with van der Waals surface area (Å²) in [6.07, 6.45) is 3.35. The van der Waals surface area contributed by atoms with Crippen LogP contribution in [0.3, 0.4) is 0 Å². The largest absolute Gasteiger partial charge is 0.292 e. The molecule has 98 valence electrons. The van der Waals surface area contributed by atoms with Gasteiger partial charge in [-0.2, -0.15) is 0 Å². The van der Waals surface area contributed by atoms with Crippen molar-refractivity contribution < 1.29 is 8.42 Å². The van der Waals surface area contributed by atoms with Gasteiger partial charge >= 0.3 is 0 Å². The Kier molecular flexibility index (Phi) is 3.14. The molecular formula is C11H14BrN3O2S. The molecule has 0 saturated carbocycles. The van der Waals surface area contributed by atoms with E-state index in [1.54, 1.807) is 49.7 Å². The van der Waals surface area contributed by atoms with E-state index in [1.807, 2.05) is 0 Å². The standard InChI is InChI=1S/C11H14BrN3O2S/c1-11(2,3)18(16,17)14-8-4-5-10-13-6-9(12)15(10)7-8/h4-7,14H,1-3H3. The van der Waals surface area contributed by atoms with E-state index < -0.39 is 14.8 Å². The van der Waals surface area contributed by atoms with Crippen LogP contribution in [0.2, 0.25) is 0 Å². The van der Waals surface area contributed by atoms with Gasteiger partial charge in [0.2, 0.25) is 10.0 Å². The van der Waals surface area contributed by atoms with Crippen molar-refractivity contribution in [3.63, 3.8) is 0 Å². The van der Waals surface area contributed by atoms with Gasteiger partial charge in [0.05, 0.1) is 16.6 Å². The maximum atomic E-state index is 12.0. The molecule has 0 aliphatic carbocycles. The summed E-state index contributed by atoms with van der Waals surface area (Å²) in [5.74, 6) is 0. The predicted molar refractivity (Wildman–Crippen MR) is 75.2 cm³/mol. The molecule has 2 rings (SSSR count). The first-order valence-corrected chi connectivity index (χ1v) is 7.63. The summed E-state index contributed by atoms with van der Waals surface area (Å²) in [5, 5.41) is 0. The highest BCUT2D eigenvalue weighted by Gasteiger charge is 2.28. The number of sulfonamides is 1. The zero-order valence-electron chi connectivity index (χ0n) is 10.3. The lowest BCUT2D eigenvalue weighted by Crippen LogP contribution is -2.33. The Hall–Kier alpha value is -1.08. The second-order valence-corrected chi connectivity index (χ2v) is 8.19. The van der Waals surface area contributed by atoms with Gasteiger partial charge in [0, 0.05) is 6.20 Å². The molecule has 2 aromatic heterocycles. The van der Waals surface area contributed by atoms with E-state index in [4.69, 9.17) is 0 Å². The summed E-state index contributed by atoms with van der Waals surface area (Å²) >= 11 is 3.34. The number of fused-ring (bicyclic) bond motifs is 1. The number of hydrogen-bond donors (Lipinski definition) is 1. The highest BCUT2D eigenvalue weighted by atomic mass is 79.9. The van der Waals surface area contributed by atoms with Gasteiger partial charge in [-0.05, 0) is 48.8 Å². The molecular weight excluding hydrogens is 318 g/mol. The third-order valence-electron chi connectivity index (χ3n) is 2.52. The van der Waals surface area contributed by atoms with Crippen molar-refractivity contribution in [2.45, 2.75) is 25.5 Å². The maximum absolute atomic E-state index is 12.0. The monoisotopic (exact) mass is 331 g/mol. The molecule has 2 heterocycles. The number of pyridine rings is 1. The van der Waals surface area contributed by atoms with Crippen molar-refractivity contribution in [3.05, 3.63) is 29.1 Å². The lowest BCUT2D eigenvalue weighted by molar-refractivity contribution is 0.566. The Morgan fingerprint density at radius 2 is 2.00 bits per heavy atom.